The maximum absolute atomic E-state index is 13.6. The lowest BCUT2D eigenvalue weighted by molar-refractivity contribution is 0.549. The fourth-order valence-corrected chi connectivity index (χ4v) is 4.29. The molecule has 2 aliphatic carbocycles. The smallest absolute Gasteiger partial charge is 0.123 e. The summed E-state index contributed by atoms with van der Waals surface area (Å²) in [5.74, 6) is 1.55. The van der Waals surface area contributed by atoms with Gasteiger partial charge in [0.1, 0.15) is 5.82 Å². The van der Waals surface area contributed by atoms with Crippen molar-refractivity contribution >= 4 is 0 Å². The Morgan fingerprint density at radius 1 is 1.19 bits per heavy atom. The van der Waals surface area contributed by atoms with E-state index in [1.807, 2.05) is 13.0 Å². The Labute approximate surface area is 125 Å². The van der Waals surface area contributed by atoms with Crippen molar-refractivity contribution in [1.82, 2.24) is 0 Å². The lowest BCUT2D eigenvalue weighted by Crippen LogP contribution is -2.14. The second-order valence-electron chi connectivity index (χ2n) is 6.59. The van der Waals surface area contributed by atoms with Crippen molar-refractivity contribution in [1.29, 1.82) is 0 Å². The topological polar surface area (TPSA) is 26.0 Å². The van der Waals surface area contributed by atoms with Crippen LogP contribution in [-0.4, -0.2) is 0 Å². The van der Waals surface area contributed by atoms with Crippen LogP contribution in [0.5, 0.6) is 0 Å². The zero-order valence-corrected chi connectivity index (χ0v) is 12.2. The highest BCUT2D eigenvalue weighted by Gasteiger charge is 2.55. The number of nitrogens with two attached hydrogens (primary N) is 1. The summed E-state index contributed by atoms with van der Waals surface area (Å²) in [6, 6.07) is 13.9. The van der Waals surface area contributed by atoms with Gasteiger partial charge in [0, 0.05) is 6.04 Å². The van der Waals surface area contributed by atoms with Crippen LogP contribution in [0.15, 0.2) is 42.5 Å². The van der Waals surface area contributed by atoms with E-state index in [1.54, 1.807) is 12.1 Å². The molecule has 0 spiro atoms. The third-order valence-corrected chi connectivity index (χ3v) is 5.25. The van der Waals surface area contributed by atoms with E-state index in [0.717, 1.165) is 17.5 Å². The Balaban J connectivity index is 1.65. The maximum Gasteiger partial charge on any atom is 0.123 e. The van der Waals surface area contributed by atoms with Crippen LogP contribution in [0.2, 0.25) is 0 Å². The van der Waals surface area contributed by atoms with Crippen molar-refractivity contribution in [3.8, 4) is 0 Å². The highest BCUT2D eigenvalue weighted by atomic mass is 19.1. The first-order valence-corrected chi connectivity index (χ1v) is 7.75. The van der Waals surface area contributed by atoms with Gasteiger partial charge in [0.2, 0.25) is 0 Å². The third kappa shape index (κ3) is 2.09. The number of aryl methyl sites for hydroxylation is 2. The summed E-state index contributed by atoms with van der Waals surface area (Å²) in [7, 11) is 0. The molecule has 2 aliphatic rings. The van der Waals surface area contributed by atoms with E-state index in [0.29, 0.717) is 17.8 Å². The van der Waals surface area contributed by atoms with E-state index in [9.17, 15) is 4.39 Å². The fraction of sp³-hybridized carbons (Fsp3) is 0.368. The molecule has 4 rings (SSSR count). The van der Waals surface area contributed by atoms with Crippen molar-refractivity contribution in [2.75, 3.05) is 0 Å². The van der Waals surface area contributed by atoms with E-state index < -0.39 is 0 Å². The molecule has 4 atom stereocenters. The summed E-state index contributed by atoms with van der Waals surface area (Å²) >= 11 is 0. The van der Waals surface area contributed by atoms with E-state index in [-0.39, 0.29) is 11.9 Å². The summed E-state index contributed by atoms with van der Waals surface area (Å²) in [6.45, 7) is 1.93. The lowest BCUT2D eigenvalue weighted by atomic mass is 9.92. The minimum atomic E-state index is -0.176. The van der Waals surface area contributed by atoms with Gasteiger partial charge in [-0.2, -0.15) is 0 Å². The van der Waals surface area contributed by atoms with Crippen LogP contribution in [0.3, 0.4) is 0 Å². The van der Waals surface area contributed by atoms with E-state index in [2.05, 4.69) is 24.3 Å². The number of hydrogen-bond acceptors (Lipinski definition) is 1. The first kappa shape index (κ1) is 13.0. The average molecular weight is 281 g/mol. The van der Waals surface area contributed by atoms with E-state index >= 15 is 0 Å². The molecular weight excluding hydrogens is 261 g/mol. The molecule has 1 saturated carbocycles. The fourth-order valence-electron chi connectivity index (χ4n) is 4.29. The minimum absolute atomic E-state index is 0.0550. The number of rotatable bonds is 2. The van der Waals surface area contributed by atoms with Crippen LogP contribution >= 0.6 is 0 Å². The lowest BCUT2D eigenvalue weighted by Gasteiger charge is -2.14. The van der Waals surface area contributed by atoms with E-state index in [1.165, 1.54) is 17.5 Å². The second-order valence-corrected chi connectivity index (χ2v) is 6.59. The van der Waals surface area contributed by atoms with Crippen molar-refractivity contribution in [3.05, 3.63) is 70.5 Å². The summed E-state index contributed by atoms with van der Waals surface area (Å²) in [6.07, 6.45) is 2.37. The molecule has 2 aromatic carbocycles. The highest BCUT2D eigenvalue weighted by Crippen LogP contribution is 2.63. The average Bonchev–Trinajstić information content (AvgIpc) is 3.20. The molecule has 4 unspecified atom stereocenters. The first-order chi connectivity index (χ1) is 10.1. The van der Waals surface area contributed by atoms with Crippen molar-refractivity contribution < 1.29 is 4.39 Å². The van der Waals surface area contributed by atoms with Gasteiger partial charge < -0.3 is 5.73 Å². The zero-order valence-electron chi connectivity index (χ0n) is 12.2. The van der Waals surface area contributed by atoms with Gasteiger partial charge in [0.15, 0.2) is 0 Å². The minimum Gasteiger partial charge on any atom is -0.324 e. The van der Waals surface area contributed by atoms with Gasteiger partial charge in [-0.1, -0.05) is 30.3 Å². The van der Waals surface area contributed by atoms with Crippen molar-refractivity contribution in [2.24, 2.45) is 17.6 Å². The Kier molecular flexibility index (Phi) is 2.90. The largest absolute Gasteiger partial charge is 0.324 e. The Hall–Kier alpha value is -1.67. The van der Waals surface area contributed by atoms with Gasteiger partial charge in [0.25, 0.3) is 0 Å². The maximum atomic E-state index is 13.6. The molecule has 2 aromatic rings. The first-order valence-electron chi connectivity index (χ1n) is 7.75. The van der Waals surface area contributed by atoms with Gasteiger partial charge in [-0.05, 0) is 71.9 Å². The summed E-state index contributed by atoms with van der Waals surface area (Å²) < 4.78 is 13.6. The molecule has 0 amide bonds. The summed E-state index contributed by atoms with van der Waals surface area (Å²) in [5, 5.41) is 0. The SMILES string of the molecule is Cc1cc(F)cc(C(N)C2C3CCc4ccccc4C32)c1. The van der Waals surface area contributed by atoms with Gasteiger partial charge >= 0.3 is 0 Å². The number of hydrogen-bond donors (Lipinski definition) is 1. The Bertz CT molecular complexity index is 673. The molecule has 0 radical (unpaired) electrons. The molecule has 0 heterocycles. The summed E-state index contributed by atoms with van der Waals surface area (Å²) in [4.78, 5) is 0. The normalized spacial score (nSPS) is 27.7. The zero-order chi connectivity index (χ0) is 14.6. The van der Waals surface area contributed by atoms with E-state index in [4.69, 9.17) is 5.73 Å². The van der Waals surface area contributed by atoms with Crippen LogP contribution in [-0.2, 0) is 6.42 Å². The number of benzene rings is 2. The third-order valence-electron chi connectivity index (χ3n) is 5.25. The molecule has 0 aliphatic heterocycles. The molecule has 21 heavy (non-hydrogen) atoms. The quantitative estimate of drug-likeness (QED) is 0.880. The Morgan fingerprint density at radius 2 is 2.00 bits per heavy atom. The van der Waals surface area contributed by atoms with Crippen LogP contribution in [0.4, 0.5) is 4.39 Å². The molecule has 1 nitrogen and oxygen atoms in total. The summed E-state index contributed by atoms with van der Waals surface area (Å²) in [5.41, 5.74) is 11.3. The highest BCUT2D eigenvalue weighted by molar-refractivity contribution is 5.41. The van der Waals surface area contributed by atoms with Gasteiger partial charge in [-0.3, -0.25) is 0 Å². The molecule has 1 fully saturated rings. The molecule has 2 N–H and O–H groups in total. The molecule has 0 aromatic heterocycles. The van der Waals surface area contributed by atoms with Crippen LogP contribution in [0.25, 0.3) is 0 Å². The number of halogens is 1. The Morgan fingerprint density at radius 3 is 2.81 bits per heavy atom. The van der Waals surface area contributed by atoms with Crippen molar-refractivity contribution in [3.63, 3.8) is 0 Å². The van der Waals surface area contributed by atoms with Crippen LogP contribution < -0.4 is 5.73 Å². The van der Waals surface area contributed by atoms with Crippen molar-refractivity contribution in [2.45, 2.75) is 31.7 Å². The molecule has 2 heteroatoms. The predicted molar refractivity (Wildman–Crippen MR) is 82.5 cm³/mol. The molecular formula is C19H20FN. The van der Waals surface area contributed by atoms with Gasteiger partial charge in [0.05, 0.1) is 0 Å². The van der Waals surface area contributed by atoms with Gasteiger partial charge in [-0.15, -0.1) is 0 Å². The second kappa shape index (κ2) is 4.67. The molecule has 108 valence electrons. The van der Waals surface area contributed by atoms with Crippen LogP contribution in [0.1, 0.15) is 40.6 Å². The predicted octanol–water partition coefficient (Wildman–Crippen LogP) is 4.11. The standard InChI is InChI=1S/C19H20FN/c1-11-8-13(10-14(20)9-11)19(21)18-16-7-6-12-4-2-3-5-15(12)17(16)18/h2-5,8-10,16-19H,6-7,21H2,1H3. The van der Waals surface area contributed by atoms with Crippen LogP contribution in [0, 0.1) is 24.6 Å². The molecule has 0 saturated heterocycles. The molecule has 0 bridgehead atoms. The number of fused-ring (bicyclic) bond motifs is 3. The van der Waals surface area contributed by atoms with Gasteiger partial charge in [-0.25, -0.2) is 4.39 Å². The monoisotopic (exact) mass is 281 g/mol.